The van der Waals surface area contributed by atoms with Gasteiger partial charge in [0.05, 0.1) is 12.9 Å². The molecule has 5 rings (SSSR count). The first-order valence-corrected chi connectivity index (χ1v) is 12.5. The number of imidazole rings is 1. The summed E-state index contributed by atoms with van der Waals surface area (Å²) in [6.07, 6.45) is 3.21. The monoisotopic (exact) mass is 485 g/mol. The zero-order valence-corrected chi connectivity index (χ0v) is 20.7. The van der Waals surface area contributed by atoms with Gasteiger partial charge in [0.2, 0.25) is 5.91 Å². The van der Waals surface area contributed by atoms with E-state index in [1.54, 1.807) is 14.4 Å². The SMILES string of the molecule is CCN(Cc1ccccc1)C(=O)c1ncn2c1C(=O)N(C1CC1)[C@](C)(C(=O)NCc1ccccc1)C2. The summed E-state index contributed by atoms with van der Waals surface area (Å²) in [5.41, 5.74) is 1.34. The highest BCUT2D eigenvalue weighted by atomic mass is 16.2. The topological polar surface area (TPSA) is 87.5 Å². The second kappa shape index (κ2) is 9.60. The zero-order valence-electron chi connectivity index (χ0n) is 20.7. The molecule has 8 heteroatoms. The lowest BCUT2D eigenvalue weighted by atomic mass is 9.93. The number of hydrogen-bond donors (Lipinski definition) is 1. The molecule has 0 saturated heterocycles. The molecule has 1 aliphatic heterocycles. The summed E-state index contributed by atoms with van der Waals surface area (Å²) >= 11 is 0. The number of benzene rings is 2. The average Bonchev–Trinajstić information content (AvgIpc) is 3.64. The van der Waals surface area contributed by atoms with E-state index in [2.05, 4.69) is 10.3 Å². The van der Waals surface area contributed by atoms with Gasteiger partial charge >= 0.3 is 0 Å². The first-order valence-electron chi connectivity index (χ1n) is 12.5. The van der Waals surface area contributed by atoms with E-state index >= 15 is 0 Å². The van der Waals surface area contributed by atoms with E-state index in [1.165, 1.54) is 6.33 Å². The van der Waals surface area contributed by atoms with E-state index in [1.807, 2.05) is 74.5 Å². The van der Waals surface area contributed by atoms with Crippen LogP contribution >= 0.6 is 0 Å². The third-order valence-electron chi connectivity index (χ3n) is 7.05. The molecule has 0 radical (unpaired) electrons. The van der Waals surface area contributed by atoms with Crippen LogP contribution in [-0.4, -0.2) is 55.2 Å². The summed E-state index contributed by atoms with van der Waals surface area (Å²) in [7, 11) is 0. The van der Waals surface area contributed by atoms with Gasteiger partial charge in [0.15, 0.2) is 5.69 Å². The summed E-state index contributed by atoms with van der Waals surface area (Å²) in [4.78, 5) is 48.6. The van der Waals surface area contributed by atoms with E-state index in [0.29, 0.717) is 19.6 Å². The molecule has 2 aliphatic rings. The van der Waals surface area contributed by atoms with Gasteiger partial charge in [-0.1, -0.05) is 60.7 Å². The normalized spacial score (nSPS) is 19.1. The lowest BCUT2D eigenvalue weighted by Crippen LogP contribution is -2.64. The van der Waals surface area contributed by atoms with Crippen LogP contribution in [0.2, 0.25) is 0 Å². The molecule has 2 heterocycles. The summed E-state index contributed by atoms with van der Waals surface area (Å²) in [5, 5.41) is 3.02. The van der Waals surface area contributed by atoms with E-state index in [-0.39, 0.29) is 41.7 Å². The van der Waals surface area contributed by atoms with Gasteiger partial charge in [-0.05, 0) is 37.8 Å². The molecule has 1 saturated carbocycles. The van der Waals surface area contributed by atoms with Crippen molar-refractivity contribution in [2.45, 2.75) is 57.9 Å². The maximum Gasteiger partial charge on any atom is 0.275 e. The van der Waals surface area contributed by atoms with Crippen LogP contribution in [-0.2, 0) is 24.4 Å². The van der Waals surface area contributed by atoms with Gasteiger partial charge in [0.1, 0.15) is 11.2 Å². The molecule has 0 spiro atoms. The number of fused-ring (bicyclic) bond motifs is 1. The molecule has 1 N–H and O–H groups in total. The number of nitrogens with one attached hydrogen (secondary N) is 1. The minimum Gasteiger partial charge on any atom is -0.350 e. The number of rotatable bonds is 8. The molecule has 36 heavy (non-hydrogen) atoms. The Hall–Kier alpha value is -3.94. The highest BCUT2D eigenvalue weighted by Gasteiger charge is 2.53. The lowest BCUT2D eigenvalue weighted by molar-refractivity contribution is -0.133. The molecule has 0 bridgehead atoms. The van der Waals surface area contributed by atoms with Crippen LogP contribution in [0.15, 0.2) is 67.0 Å². The fraction of sp³-hybridized carbons (Fsp3) is 0.357. The first kappa shape index (κ1) is 23.8. The van der Waals surface area contributed by atoms with Gasteiger partial charge < -0.3 is 19.7 Å². The van der Waals surface area contributed by atoms with E-state index in [0.717, 1.165) is 24.0 Å². The predicted octanol–water partition coefficient (Wildman–Crippen LogP) is 3.24. The average molecular weight is 486 g/mol. The van der Waals surface area contributed by atoms with Gasteiger partial charge in [-0.2, -0.15) is 0 Å². The minimum absolute atomic E-state index is 0.0109. The molecule has 1 aromatic heterocycles. The molecule has 0 unspecified atom stereocenters. The Morgan fingerprint density at radius 3 is 2.31 bits per heavy atom. The highest BCUT2D eigenvalue weighted by Crippen LogP contribution is 2.39. The standard InChI is InChI=1S/C28H31N5O3/c1-3-31(17-21-12-8-5-9-13-21)25(34)23-24-26(35)33(22-14-15-22)28(2,18-32(24)19-30-23)27(36)29-16-20-10-6-4-7-11-20/h4-13,19,22H,3,14-18H2,1-2H3,(H,29,36)/t28-/m0/s1. The Kier molecular flexibility index (Phi) is 6.35. The van der Waals surface area contributed by atoms with Crippen LogP contribution in [0.4, 0.5) is 0 Å². The quantitative estimate of drug-likeness (QED) is 0.531. The molecule has 186 valence electrons. The highest BCUT2D eigenvalue weighted by molar-refractivity contribution is 6.07. The van der Waals surface area contributed by atoms with Crippen molar-refractivity contribution < 1.29 is 14.4 Å². The van der Waals surface area contributed by atoms with E-state index < -0.39 is 5.54 Å². The Morgan fingerprint density at radius 2 is 1.69 bits per heavy atom. The predicted molar refractivity (Wildman–Crippen MR) is 135 cm³/mol. The Balaban J connectivity index is 1.41. The van der Waals surface area contributed by atoms with Crippen molar-refractivity contribution >= 4 is 17.7 Å². The van der Waals surface area contributed by atoms with Crippen LogP contribution < -0.4 is 5.32 Å². The lowest BCUT2D eigenvalue weighted by Gasteiger charge is -2.44. The van der Waals surface area contributed by atoms with E-state index in [4.69, 9.17) is 0 Å². The number of carbonyl (C=O) groups is 3. The number of aromatic nitrogens is 2. The minimum atomic E-state index is -1.07. The van der Waals surface area contributed by atoms with Gasteiger partial charge in [0, 0.05) is 25.7 Å². The van der Waals surface area contributed by atoms with E-state index in [9.17, 15) is 14.4 Å². The molecule has 3 aromatic rings. The fourth-order valence-electron chi connectivity index (χ4n) is 4.96. The van der Waals surface area contributed by atoms with Gasteiger partial charge in [-0.25, -0.2) is 4.98 Å². The fourth-order valence-corrected chi connectivity index (χ4v) is 4.96. The van der Waals surface area contributed by atoms with Crippen molar-refractivity contribution in [1.29, 1.82) is 0 Å². The third kappa shape index (κ3) is 4.39. The van der Waals surface area contributed by atoms with Crippen molar-refractivity contribution in [3.05, 3.63) is 89.5 Å². The van der Waals surface area contributed by atoms with Crippen LogP contribution in [0.1, 0.15) is 58.8 Å². The smallest absolute Gasteiger partial charge is 0.275 e. The second-order valence-electron chi connectivity index (χ2n) is 9.72. The molecule has 1 fully saturated rings. The summed E-state index contributed by atoms with van der Waals surface area (Å²) < 4.78 is 1.67. The largest absolute Gasteiger partial charge is 0.350 e. The number of amides is 3. The van der Waals surface area contributed by atoms with Crippen molar-refractivity contribution in [2.24, 2.45) is 0 Å². The number of nitrogens with zero attached hydrogens (tertiary/aromatic N) is 4. The first-order chi connectivity index (χ1) is 17.4. The van der Waals surface area contributed by atoms with Gasteiger partial charge in [0.25, 0.3) is 11.8 Å². The Labute approximate surface area is 210 Å². The van der Waals surface area contributed by atoms with Crippen LogP contribution in [0.25, 0.3) is 0 Å². The molecular weight excluding hydrogens is 454 g/mol. The third-order valence-corrected chi connectivity index (χ3v) is 7.05. The zero-order chi connectivity index (χ0) is 25.3. The molecular formula is C28H31N5O3. The van der Waals surface area contributed by atoms with Crippen molar-refractivity contribution in [3.8, 4) is 0 Å². The second-order valence-corrected chi connectivity index (χ2v) is 9.72. The summed E-state index contributed by atoms with van der Waals surface area (Å²) in [6.45, 7) is 5.27. The molecule has 1 atom stereocenters. The number of hydrogen-bond acceptors (Lipinski definition) is 4. The van der Waals surface area contributed by atoms with Gasteiger partial charge in [-0.3, -0.25) is 14.4 Å². The Morgan fingerprint density at radius 1 is 1.06 bits per heavy atom. The molecule has 8 nitrogen and oxygen atoms in total. The summed E-state index contributed by atoms with van der Waals surface area (Å²) in [5.74, 6) is -0.799. The molecule has 2 aromatic carbocycles. The van der Waals surface area contributed by atoms with Crippen LogP contribution in [0.3, 0.4) is 0 Å². The van der Waals surface area contributed by atoms with Crippen molar-refractivity contribution in [1.82, 2.24) is 24.7 Å². The maximum absolute atomic E-state index is 13.9. The Bertz CT molecular complexity index is 1270. The van der Waals surface area contributed by atoms with Crippen LogP contribution in [0.5, 0.6) is 0 Å². The maximum atomic E-state index is 13.9. The molecule has 1 aliphatic carbocycles. The summed E-state index contributed by atoms with van der Waals surface area (Å²) in [6, 6.07) is 19.4. The number of carbonyl (C=O) groups excluding carboxylic acids is 3. The van der Waals surface area contributed by atoms with Gasteiger partial charge in [-0.15, -0.1) is 0 Å². The van der Waals surface area contributed by atoms with Crippen molar-refractivity contribution in [3.63, 3.8) is 0 Å². The molecule has 3 amide bonds. The van der Waals surface area contributed by atoms with Crippen LogP contribution in [0, 0.1) is 0 Å². The van der Waals surface area contributed by atoms with Crippen molar-refractivity contribution in [2.75, 3.05) is 6.54 Å².